The molecular formula is C27H24ClFO3. The zero-order chi connectivity index (χ0) is 23.0. The number of benzene rings is 3. The molecule has 0 N–H and O–H groups in total. The average Bonchev–Trinajstić information content (AvgIpc) is 2.75. The number of halogens is 2. The summed E-state index contributed by atoms with van der Waals surface area (Å²) < 4.78 is 25.4. The summed E-state index contributed by atoms with van der Waals surface area (Å²) in [6, 6.07) is 17.2. The molecule has 0 aliphatic rings. The first-order valence-electron chi connectivity index (χ1n) is 10.4. The Kier molecular flexibility index (Phi) is 5.83. The van der Waals surface area contributed by atoms with Gasteiger partial charge in [0.2, 0.25) is 11.2 Å². The molecule has 3 nitrogen and oxygen atoms in total. The number of hydrogen-bond donors (Lipinski definition) is 0. The third-order valence-corrected chi connectivity index (χ3v) is 5.85. The maximum Gasteiger partial charge on any atom is 0.235 e. The van der Waals surface area contributed by atoms with Gasteiger partial charge in [-0.25, -0.2) is 4.39 Å². The van der Waals surface area contributed by atoms with E-state index in [9.17, 15) is 9.18 Å². The van der Waals surface area contributed by atoms with Crippen molar-refractivity contribution >= 4 is 22.6 Å². The lowest BCUT2D eigenvalue weighted by molar-refractivity contribution is 0.297. The minimum absolute atomic E-state index is 0.00146. The van der Waals surface area contributed by atoms with Gasteiger partial charge in [-0.15, -0.1) is 0 Å². The minimum Gasteiger partial charge on any atom is -0.481 e. The summed E-state index contributed by atoms with van der Waals surface area (Å²) in [6.07, 6.45) is 0. The Bertz CT molecular complexity index is 1330. The summed E-state index contributed by atoms with van der Waals surface area (Å²) >= 11 is 6.26. The lowest BCUT2D eigenvalue weighted by atomic mass is 9.86. The van der Waals surface area contributed by atoms with E-state index in [4.69, 9.17) is 20.8 Å². The molecule has 0 atom stereocenters. The Morgan fingerprint density at radius 1 is 1.00 bits per heavy atom. The van der Waals surface area contributed by atoms with Crippen LogP contribution in [0.15, 0.2) is 69.9 Å². The van der Waals surface area contributed by atoms with E-state index in [-0.39, 0.29) is 29.0 Å². The third-order valence-electron chi connectivity index (χ3n) is 5.44. The Morgan fingerprint density at radius 2 is 1.66 bits per heavy atom. The molecular weight excluding hydrogens is 427 g/mol. The van der Waals surface area contributed by atoms with Gasteiger partial charge in [0.05, 0.1) is 5.39 Å². The predicted octanol–water partition coefficient (Wildman–Crippen LogP) is 7.44. The van der Waals surface area contributed by atoms with Crippen molar-refractivity contribution in [3.05, 3.63) is 98.4 Å². The maximum atomic E-state index is 13.4. The van der Waals surface area contributed by atoms with Gasteiger partial charge in [-0.05, 0) is 53.3 Å². The molecule has 1 aromatic heterocycles. The van der Waals surface area contributed by atoms with Crippen LogP contribution in [0.2, 0.25) is 5.02 Å². The summed E-state index contributed by atoms with van der Waals surface area (Å²) in [6.45, 7) is 8.38. The van der Waals surface area contributed by atoms with E-state index in [1.54, 1.807) is 24.3 Å². The molecule has 0 amide bonds. The van der Waals surface area contributed by atoms with Crippen molar-refractivity contribution in [2.75, 3.05) is 0 Å². The van der Waals surface area contributed by atoms with E-state index in [0.29, 0.717) is 21.8 Å². The second-order valence-electron chi connectivity index (χ2n) is 8.93. The van der Waals surface area contributed by atoms with Crippen molar-refractivity contribution in [1.82, 2.24) is 0 Å². The van der Waals surface area contributed by atoms with E-state index in [1.165, 1.54) is 17.7 Å². The monoisotopic (exact) mass is 450 g/mol. The van der Waals surface area contributed by atoms with Crippen LogP contribution in [0.25, 0.3) is 22.3 Å². The fraction of sp³-hybridized carbons (Fsp3) is 0.222. The number of fused-ring (bicyclic) bond motifs is 1. The van der Waals surface area contributed by atoms with Crippen LogP contribution < -0.4 is 10.2 Å². The van der Waals surface area contributed by atoms with E-state index >= 15 is 0 Å². The molecule has 0 spiro atoms. The summed E-state index contributed by atoms with van der Waals surface area (Å²) in [5.41, 5.74) is 3.60. The van der Waals surface area contributed by atoms with Gasteiger partial charge in [-0.2, -0.15) is 0 Å². The fourth-order valence-electron chi connectivity index (χ4n) is 3.48. The summed E-state index contributed by atoms with van der Waals surface area (Å²) in [5.74, 6) is 0.126. The molecule has 1 heterocycles. The van der Waals surface area contributed by atoms with E-state index < -0.39 is 0 Å². The van der Waals surface area contributed by atoms with Crippen molar-refractivity contribution < 1.29 is 13.5 Å². The first kappa shape index (κ1) is 22.1. The second kappa shape index (κ2) is 8.44. The van der Waals surface area contributed by atoms with Crippen molar-refractivity contribution in [2.24, 2.45) is 0 Å². The molecule has 32 heavy (non-hydrogen) atoms. The van der Waals surface area contributed by atoms with Gasteiger partial charge in [0.1, 0.15) is 18.0 Å². The van der Waals surface area contributed by atoms with Gasteiger partial charge in [-0.1, -0.05) is 68.8 Å². The summed E-state index contributed by atoms with van der Waals surface area (Å²) in [7, 11) is 0. The average molecular weight is 451 g/mol. The Balaban J connectivity index is 1.85. The molecule has 0 unspecified atom stereocenters. The van der Waals surface area contributed by atoms with Crippen molar-refractivity contribution in [2.45, 2.75) is 39.7 Å². The van der Waals surface area contributed by atoms with Crippen molar-refractivity contribution in [1.29, 1.82) is 0 Å². The van der Waals surface area contributed by atoms with Crippen LogP contribution >= 0.6 is 11.6 Å². The van der Waals surface area contributed by atoms with Gasteiger partial charge in [0.15, 0.2) is 5.76 Å². The number of rotatable bonds is 4. The Morgan fingerprint density at radius 3 is 2.28 bits per heavy atom. The highest BCUT2D eigenvalue weighted by Gasteiger charge is 2.20. The number of aryl methyl sites for hydroxylation is 1. The van der Waals surface area contributed by atoms with Crippen LogP contribution in [0, 0.1) is 12.7 Å². The van der Waals surface area contributed by atoms with Gasteiger partial charge in [-0.3, -0.25) is 4.79 Å². The molecule has 0 saturated carbocycles. The zero-order valence-electron chi connectivity index (χ0n) is 18.5. The molecule has 4 rings (SSSR count). The van der Waals surface area contributed by atoms with Gasteiger partial charge in [0.25, 0.3) is 0 Å². The molecule has 0 aliphatic heterocycles. The molecule has 0 radical (unpaired) electrons. The van der Waals surface area contributed by atoms with Crippen molar-refractivity contribution in [3.63, 3.8) is 0 Å². The quantitative estimate of drug-likeness (QED) is 0.324. The SMILES string of the molecule is Cc1cc2oc(-c3ccc(C(C)(C)C)cc3)c(OCc3ccc(F)cc3)c(=O)c2cc1Cl. The molecule has 5 heteroatoms. The standard InChI is InChI=1S/C27H24ClFO3/c1-16-13-23-21(14-22(16)28)24(30)26(31-15-17-5-11-20(29)12-6-17)25(32-23)18-7-9-19(10-8-18)27(2,3)4/h5-14H,15H2,1-4H3. The lowest BCUT2D eigenvalue weighted by Gasteiger charge is -2.19. The Hall–Kier alpha value is -3.11. The first-order valence-corrected chi connectivity index (χ1v) is 10.8. The number of ether oxygens (including phenoxy) is 1. The highest BCUT2D eigenvalue weighted by Crippen LogP contribution is 2.34. The van der Waals surface area contributed by atoms with Gasteiger partial charge >= 0.3 is 0 Å². The molecule has 0 saturated heterocycles. The topological polar surface area (TPSA) is 39.4 Å². The third kappa shape index (κ3) is 4.42. The van der Waals surface area contributed by atoms with E-state index in [2.05, 4.69) is 20.8 Å². The smallest absolute Gasteiger partial charge is 0.235 e. The minimum atomic E-state index is -0.330. The van der Waals surface area contributed by atoms with Gasteiger partial charge < -0.3 is 9.15 Å². The molecule has 0 bridgehead atoms. The first-order chi connectivity index (χ1) is 15.1. The highest BCUT2D eigenvalue weighted by atomic mass is 35.5. The van der Waals surface area contributed by atoms with Crippen LogP contribution in [0.4, 0.5) is 4.39 Å². The second-order valence-corrected chi connectivity index (χ2v) is 9.34. The van der Waals surface area contributed by atoms with Crippen molar-refractivity contribution in [3.8, 4) is 17.1 Å². The maximum absolute atomic E-state index is 13.4. The van der Waals surface area contributed by atoms with Crippen LogP contribution in [0.3, 0.4) is 0 Å². The molecule has 0 aliphatic carbocycles. The summed E-state index contributed by atoms with van der Waals surface area (Å²) in [5, 5.41) is 0.835. The number of hydrogen-bond acceptors (Lipinski definition) is 3. The lowest BCUT2D eigenvalue weighted by Crippen LogP contribution is -2.11. The van der Waals surface area contributed by atoms with E-state index in [0.717, 1.165) is 16.7 Å². The van der Waals surface area contributed by atoms with Crippen LogP contribution in [0.5, 0.6) is 5.75 Å². The predicted molar refractivity (Wildman–Crippen MR) is 127 cm³/mol. The zero-order valence-corrected chi connectivity index (χ0v) is 19.2. The van der Waals surface area contributed by atoms with Crippen LogP contribution in [0.1, 0.15) is 37.5 Å². The largest absolute Gasteiger partial charge is 0.481 e. The molecule has 164 valence electrons. The molecule has 4 aromatic rings. The van der Waals surface area contributed by atoms with E-state index in [1.807, 2.05) is 31.2 Å². The normalized spacial score (nSPS) is 11.7. The van der Waals surface area contributed by atoms with Gasteiger partial charge in [0, 0.05) is 10.6 Å². The Labute approximate surface area is 191 Å². The van der Waals surface area contributed by atoms with Crippen LogP contribution in [-0.2, 0) is 12.0 Å². The molecule has 3 aromatic carbocycles. The fourth-order valence-corrected chi connectivity index (χ4v) is 3.64. The molecule has 0 fully saturated rings. The summed E-state index contributed by atoms with van der Waals surface area (Å²) in [4.78, 5) is 13.4. The van der Waals surface area contributed by atoms with Crippen LogP contribution in [-0.4, -0.2) is 0 Å². The highest BCUT2D eigenvalue weighted by molar-refractivity contribution is 6.32.